The SMILES string of the molecule is COc1cc2ccnc3c2c(c1OC(=O)c1cc(F)ccc1F)N(C)C=C3. The lowest BCUT2D eigenvalue weighted by atomic mass is 10.0. The lowest BCUT2D eigenvalue weighted by Crippen LogP contribution is -2.18. The van der Waals surface area contributed by atoms with Crippen molar-refractivity contribution < 1.29 is 23.0 Å². The molecule has 0 aliphatic carbocycles. The zero-order valence-electron chi connectivity index (χ0n) is 14.5. The van der Waals surface area contributed by atoms with Crippen molar-refractivity contribution in [3.05, 3.63) is 65.6 Å². The van der Waals surface area contributed by atoms with E-state index < -0.39 is 23.2 Å². The van der Waals surface area contributed by atoms with Gasteiger partial charge in [-0.25, -0.2) is 13.6 Å². The summed E-state index contributed by atoms with van der Waals surface area (Å²) < 4.78 is 38.3. The number of pyridine rings is 1. The number of halogens is 2. The molecule has 7 heteroatoms. The highest BCUT2D eigenvalue weighted by atomic mass is 19.1. The van der Waals surface area contributed by atoms with E-state index >= 15 is 0 Å². The van der Waals surface area contributed by atoms with Crippen molar-refractivity contribution in [3.8, 4) is 11.5 Å². The highest BCUT2D eigenvalue weighted by molar-refractivity contribution is 6.07. The summed E-state index contributed by atoms with van der Waals surface area (Å²) in [5.41, 5.74) is 0.766. The van der Waals surface area contributed by atoms with E-state index in [9.17, 15) is 13.6 Å². The van der Waals surface area contributed by atoms with Crippen LogP contribution in [0.4, 0.5) is 14.5 Å². The summed E-state index contributed by atoms with van der Waals surface area (Å²) in [5.74, 6) is -2.22. The van der Waals surface area contributed by atoms with E-state index in [1.165, 1.54) is 7.11 Å². The van der Waals surface area contributed by atoms with Crippen LogP contribution in [0.1, 0.15) is 16.1 Å². The van der Waals surface area contributed by atoms with Crippen LogP contribution in [-0.2, 0) is 0 Å². The summed E-state index contributed by atoms with van der Waals surface area (Å²) in [6.07, 6.45) is 5.27. The molecule has 3 aromatic rings. The van der Waals surface area contributed by atoms with Crippen LogP contribution in [0.2, 0.25) is 0 Å². The van der Waals surface area contributed by atoms with E-state index in [0.29, 0.717) is 17.1 Å². The molecule has 0 bridgehead atoms. The molecule has 0 spiro atoms. The van der Waals surface area contributed by atoms with Gasteiger partial charge in [-0.15, -0.1) is 0 Å². The molecule has 1 aliphatic heterocycles. The fraction of sp³-hybridized carbons (Fsp3) is 0.100. The van der Waals surface area contributed by atoms with Crippen LogP contribution in [0, 0.1) is 11.6 Å². The molecule has 27 heavy (non-hydrogen) atoms. The second kappa shape index (κ2) is 6.35. The molecule has 0 fully saturated rings. The molecule has 1 aromatic heterocycles. The van der Waals surface area contributed by atoms with Crippen molar-refractivity contribution in [2.45, 2.75) is 0 Å². The summed E-state index contributed by atoms with van der Waals surface area (Å²) >= 11 is 0. The van der Waals surface area contributed by atoms with Crippen molar-refractivity contribution in [1.82, 2.24) is 4.98 Å². The third-order valence-corrected chi connectivity index (χ3v) is 4.35. The lowest BCUT2D eigenvalue weighted by molar-refractivity contribution is 0.0725. The molecule has 0 amide bonds. The van der Waals surface area contributed by atoms with Gasteiger partial charge in [0.25, 0.3) is 0 Å². The summed E-state index contributed by atoms with van der Waals surface area (Å²) in [4.78, 5) is 18.6. The highest BCUT2D eigenvalue weighted by Crippen LogP contribution is 2.46. The molecule has 2 heterocycles. The molecule has 0 radical (unpaired) electrons. The van der Waals surface area contributed by atoms with Gasteiger partial charge in [-0.05, 0) is 41.8 Å². The van der Waals surface area contributed by atoms with Gasteiger partial charge in [0, 0.05) is 24.8 Å². The first-order valence-electron chi connectivity index (χ1n) is 8.07. The predicted octanol–water partition coefficient (Wildman–Crippen LogP) is 4.16. The number of rotatable bonds is 3. The number of carbonyl (C=O) groups excluding carboxylic acids is 1. The second-order valence-corrected chi connectivity index (χ2v) is 5.99. The van der Waals surface area contributed by atoms with Gasteiger partial charge in [-0.1, -0.05) is 0 Å². The van der Waals surface area contributed by atoms with Crippen LogP contribution in [0.5, 0.6) is 11.5 Å². The molecule has 0 saturated heterocycles. The van der Waals surface area contributed by atoms with Crippen molar-refractivity contribution in [1.29, 1.82) is 0 Å². The first kappa shape index (κ1) is 17.0. The average Bonchev–Trinajstić information content (AvgIpc) is 2.67. The Kier molecular flexibility index (Phi) is 3.99. The number of esters is 1. The highest BCUT2D eigenvalue weighted by Gasteiger charge is 2.26. The minimum absolute atomic E-state index is 0.111. The minimum atomic E-state index is -1.02. The normalized spacial score (nSPS) is 12.4. The first-order valence-corrected chi connectivity index (χ1v) is 8.07. The smallest absolute Gasteiger partial charge is 0.346 e. The number of carbonyl (C=O) groups is 1. The summed E-state index contributed by atoms with van der Waals surface area (Å²) in [5, 5.41) is 1.62. The van der Waals surface area contributed by atoms with Crippen LogP contribution >= 0.6 is 0 Å². The van der Waals surface area contributed by atoms with Crippen LogP contribution in [0.15, 0.2) is 42.7 Å². The quantitative estimate of drug-likeness (QED) is 0.513. The maximum absolute atomic E-state index is 14.0. The molecule has 5 nitrogen and oxygen atoms in total. The molecular formula is C20H14F2N2O3. The number of nitrogens with zero attached hydrogens (tertiary/aromatic N) is 2. The van der Waals surface area contributed by atoms with Crippen LogP contribution in [-0.4, -0.2) is 25.1 Å². The van der Waals surface area contributed by atoms with Gasteiger partial charge in [0.05, 0.1) is 24.1 Å². The summed E-state index contributed by atoms with van der Waals surface area (Å²) in [6, 6.07) is 6.14. The number of hydrogen-bond donors (Lipinski definition) is 0. The molecule has 0 atom stereocenters. The van der Waals surface area contributed by atoms with Gasteiger partial charge in [-0.2, -0.15) is 0 Å². The van der Waals surface area contributed by atoms with Gasteiger partial charge in [0.15, 0.2) is 11.5 Å². The Morgan fingerprint density at radius 1 is 1.19 bits per heavy atom. The molecule has 0 N–H and O–H groups in total. The zero-order valence-corrected chi connectivity index (χ0v) is 14.5. The van der Waals surface area contributed by atoms with Crippen LogP contribution < -0.4 is 14.4 Å². The molecular weight excluding hydrogens is 354 g/mol. The maximum Gasteiger partial charge on any atom is 0.346 e. The fourth-order valence-electron chi connectivity index (χ4n) is 3.08. The lowest BCUT2D eigenvalue weighted by Gasteiger charge is -2.25. The minimum Gasteiger partial charge on any atom is -0.493 e. The van der Waals surface area contributed by atoms with Crippen molar-refractivity contribution in [2.24, 2.45) is 0 Å². The average molecular weight is 368 g/mol. The van der Waals surface area contributed by atoms with Crippen molar-refractivity contribution in [2.75, 3.05) is 19.1 Å². The van der Waals surface area contributed by atoms with Gasteiger partial charge < -0.3 is 14.4 Å². The number of methoxy groups -OCH3 is 1. The van der Waals surface area contributed by atoms with Gasteiger partial charge >= 0.3 is 5.97 Å². The number of ether oxygens (including phenoxy) is 2. The standard InChI is InChI=1S/C20H14F2N2O3/c1-24-8-6-15-17-11(5-7-23-15)9-16(26-2)19(18(17)24)27-20(25)13-10-12(21)3-4-14(13)22/h3-10H,1-2H3. The number of aromatic nitrogens is 1. The Morgan fingerprint density at radius 3 is 2.78 bits per heavy atom. The van der Waals surface area contributed by atoms with Gasteiger partial charge in [-0.3, -0.25) is 4.98 Å². The Labute approximate surface area is 153 Å². The fourth-order valence-corrected chi connectivity index (χ4v) is 3.08. The topological polar surface area (TPSA) is 51.7 Å². The van der Waals surface area contributed by atoms with Crippen LogP contribution in [0.3, 0.4) is 0 Å². The van der Waals surface area contributed by atoms with E-state index in [2.05, 4.69) is 4.98 Å². The molecule has 2 aromatic carbocycles. The first-order chi connectivity index (χ1) is 13.0. The molecule has 0 unspecified atom stereocenters. The number of anilines is 1. The van der Waals surface area contributed by atoms with Crippen LogP contribution in [0.25, 0.3) is 16.8 Å². The molecule has 136 valence electrons. The molecule has 4 rings (SSSR count). The monoisotopic (exact) mass is 368 g/mol. The number of hydrogen-bond acceptors (Lipinski definition) is 5. The Balaban J connectivity index is 1.89. The van der Waals surface area contributed by atoms with Crippen molar-refractivity contribution in [3.63, 3.8) is 0 Å². The van der Waals surface area contributed by atoms with E-state index in [1.807, 2.05) is 12.1 Å². The van der Waals surface area contributed by atoms with E-state index in [1.54, 1.807) is 30.4 Å². The predicted molar refractivity (Wildman–Crippen MR) is 97.0 cm³/mol. The second-order valence-electron chi connectivity index (χ2n) is 5.99. The van der Waals surface area contributed by atoms with Gasteiger partial charge in [0.2, 0.25) is 0 Å². The third kappa shape index (κ3) is 2.77. The summed E-state index contributed by atoms with van der Waals surface area (Å²) in [6.45, 7) is 0. The van der Waals surface area contributed by atoms with Gasteiger partial charge in [0.1, 0.15) is 11.6 Å². The zero-order chi connectivity index (χ0) is 19.1. The molecule has 1 aliphatic rings. The largest absolute Gasteiger partial charge is 0.493 e. The third-order valence-electron chi connectivity index (χ3n) is 4.35. The maximum atomic E-state index is 14.0. The van der Waals surface area contributed by atoms with E-state index in [0.717, 1.165) is 29.0 Å². The molecule has 0 saturated carbocycles. The van der Waals surface area contributed by atoms with E-state index in [-0.39, 0.29) is 5.75 Å². The van der Waals surface area contributed by atoms with Crippen molar-refractivity contribution >= 4 is 28.5 Å². The van der Waals surface area contributed by atoms with E-state index in [4.69, 9.17) is 9.47 Å². The number of benzene rings is 2. The Morgan fingerprint density at radius 2 is 2.00 bits per heavy atom. The summed E-state index contributed by atoms with van der Waals surface area (Å²) in [7, 11) is 3.22. The Hall–Kier alpha value is -3.48. The Bertz CT molecular complexity index is 1110.